The topological polar surface area (TPSA) is 86.2 Å². The summed E-state index contributed by atoms with van der Waals surface area (Å²) in [4.78, 5) is 17.8. The molecule has 1 heterocycles. The molecule has 2 unspecified atom stereocenters. The van der Waals surface area contributed by atoms with Gasteiger partial charge in [-0.1, -0.05) is 36.0 Å². The van der Waals surface area contributed by atoms with E-state index >= 15 is 0 Å². The number of rotatable bonds is 5. The van der Waals surface area contributed by atoms with Gasteiger partial charge in [0.15, 0.2) is 5.12 Å². The number of nitrogens with one attached hydrogen (secondary N) is 1. The van der Waals surface area contributed by atoms with Gasteiger partial charge in [0.05, 0.1) is 24.3 Å². The van der Waals surface area contributed by atoms with Crippen molar-refractivity contribution < 1.29 is 15.0 Å². The van der Waals surface area contributed by atoms with E-state index in [9.17, 15) is 15.0 Å². The van der Waals surface area contributed by atoms with Crippen molar-refractivity contribution >= 4 is 16.9 Å². The third-order valence-corrected chi connectivity index (χ3v) is 3.80. The molecule has 5 nitrogen and oxygen atoms in total. The molecule has 1 aromatic carbocycles. The molecule has 2 atom stereocenters. The Morgan fingerprint density at radius 2 is 2.05 bits per heavy atom. The third-order valence-electron chi connectivity index (χ3n) is 2.88. The number of nitrogens with zero attached hydrogens (tertiary/aromatic N) is 1. The van der Waals surface area contributed by atoms with Gasteiger partial charge in [-0.2, -0.15) is 0 Å². The van der Waals surface area contributed by atoms with Crippen LogP contribution >= 0.6 is 11.8 Å². The molecule has 2 aromatic rings. The largest absolute Gasteiger partial charge is 0.389 e. The van der Waals surface area contributed by atoms with E-state index in [2.05, 4.69) is 9.97 Å². The van der Waals surface area contributed by atoms with Gasteiger partial charge in [-0.15, -0.1) is 0 Å². The standard InChI is InChI=1S/C14H16N2O3S/c1-9(17)20-7-13(18)14(19)11-4-2-10(3-5-11)12-6-15-8-16-12/h2-6,8,13-14,18-19H,7H2,1H3,(H,15,16). The number of aliphatic hydroxyl groups is 2. The zero-order valence-corrected chi connectivity index (χ0v) is 11.8. The van der Waals surface area contributed by atoms with Gasteiger partial charge < -0.3 is 15.2 Å². The molecule has 0 spiro atoms. The maximum atomic E-state index is 10.8. The summed E-state index contributed by atoms with van der Waals surface area (Å²) in [6, 6.07) is 7.19. The van der Waals surface area contributed by atoms with Gasteiger partial charge in [0.1, 0.15) is 6.10 Å². The molecule has 0 saturated carbocycles. The van der Waals surface area contributed by atoms with E-state index < -0.39 is 12.2 Å². The highest BCUT2D eigenvalue weighted by atomic mass is 32.2. The molecular weight excluding hydrogens is 276 g/mol. The number of aliphatic hydroxyl groups excluding tert-OH is 2. The molecule has 0 fully saturated rings. The Kier molecular flexibility index (Phi) is 4.94. The highest BCUT2D eigenvalue weighted by molar-refractivity contribution is 8.13. The smallest absolute Gasteiger partial charge is 0.185 e. The van der Waals surface area contributed by atoms with E-state index in [1.165, 1.54) is 6.92 Å². The van der Waals surface area contributed by atoms with E-state index in [1.54, 1.807) is 24.7 Å². The molecule has 106 valence electrons. The number of carbonyl (C=O) groups excluding carboxylic acids is 1. The van der Waals surface area contributed by atoms with Gasteiger partial charge in [0.25, 0.3) is 0 Å². The van der Waals surface area contributed by atoms with Crippen molar-refractivity contribution in [3.05, 3.63) is 42.4 Å². The predicted molar refractivity (Wildman–Crippen MR) is 78.1 cm³/mol. The Bertz CT molecular complexity index is 554. The monoisotopic (exact) mass is 292 g/mol. The van der Waals surface area contributed by atoms with Crippen molar-refractivity contribution in [1.82, 2.24) is 9.97 Å². The summed E-state index contributed by atoms with van der Waals surface area (Å²) >= 11 is 1.00. The van der Waals surface area contributed by atoms with Gasteiger partial charge in [0, 0.05) is 12.7 Å². The van der Waals surface area contributed by atoms with Crippen molar-refractivity contribution in [1.29, 1.82) is 0 Å². The summed E-state index contributed by atoms with van der Waals surface area (Å²) in [5, 5.41) is 19.8. The summed E-state index contributed by atoms with van der Waals surface area (Å²) < 4.78 is 0. The fourth-order valence-corrected chi connectivity index (χ4v) is 2.38. The summed E-state index contributed by atoms with van der Waals surface area (Å²) in [5.74, 6) is 0.179. The minimum absolute atomic E-state index is 0.0779. The van der Waals surface area contributed by atoms with Crippen LogP contribution in [0.3, 0.4) is 0 Å². The average Bonchev–Trinajstić information content (AvgIpc) is 2.98. The molecule has 0 saturated heterocycles. The Hall–Kier alpha value is -1.63. The number of aromatic amines is 1. The first-order chi connectivity index (χ1) is 9.58. The molecule has 20 heavy (non-hydrogen) atoms. The van der Waals surface area contributed by atoms with Gasteiger partial charge in [-0.05, 0) is 11.1 Å². The molecule has 6 heteroatoms. The zero-order chi connectivity index (χ0) is 14.5. The Morgan fingerprint density at radius 1 is 1.35 bits per heavy atom. The number of imidazole rings is 1. The Morgan fingerprint density at radius 3 is 2.60 bits per heavy atom. The lowest BCUT2D eigenvalue weighted by Crippen LogP contribution is -2.21. The van der Waals surface area contributed by atoms with Gasteiger partial charge in [0.2, 0.25) is 0 Å². The van der Waals surface area contributed by atoms with Crippen LogP contribution < -0.4 is 0 Å². The van der Waals surface area contributed by atoms with Crippen LogP contribution in [0.15, 0.2) is 36.8 Å². The van der Waals surface area contributed by atoms with Crippen LogP contribution in [0.5, 0.6) is 0 Å². The van der Waals surface area contributed by atoms with Crippen LogP contribution in [0.4, 0.5) is 0 Å². The van der Waals surface area contributed by atoms with Gasteiger partial charge >= 0.3 is 0 Å². The van der Waals surface area contributed by atoms with E-state index in [1.807, 2.05) is 12.1 Å². The van der Waals surface area contributed by atoms with E-state index in [4.69, 9.17) is 0 Å². The first-order valence-corrected chi connectivity index (χ1v) is 7.14. The van der Waals surface area contributed by atoms with Crippen LogP contribution in [-0.4, -0.2) is 37.2 Å². The lowest BCUT2D eigenvalue weighted by Gasteiger charge is -2.17. The third kappa shape index (κ3) is 3.69. The van der Waals surface area contributed by atoms with Crippen molar-refractivity contribution in [2.75, 3.05) is 5.75 Å². The lowest BCUT2D eigenvalue weighted by atomic mass is 10.0. The molecule has 0 aliphatic heterocycles. The SMILES string of the molecule is CC(=O)SCC(O)C(O)c1ccc(-c2cnc[nH]2)cc1. The summed E-state index contributed by atoms with van der Waals surface area (Å²) in [7, 11) is 0. The molecule has 0 amide bonds. The molecule has 0 bridgehead atoms. The first kappa shape index (κ1) is 14.8. The van der Waals surface area contributed by atoms with Crippen LogP contribution in [0.25, 0.3) is 11.3 Å². The normalized spacial score (nSPS) is 13.9. The number of carbonyl (C=O) groups is 1. The maximum Gasteiger partial charge on any atom is 0.185 e. The van der Waals surface area contributed by atoms with Crippen LogP contribution in [0, 0.1) is 0 Å². The Labute approximate surface area is 121 Å². The molecule has 0 aliphatic carbocycles. The van der Waals surface area contributed by atoms with E-state index in [0.29, 0.717) is 5.56 Å². The van der Waals surface area contributed by atoms with Crippen molar-refractivity contribution in [3.8, 4) is 11.3 Å². The van der Waals surface area contributed by atoms with Crippen LogP contribution in [0.2, 0.25) is 0 Å². The molecular formula is C14H16N2O3S. The molecule has 3 N–H and O–H groups in total. The van der Waals surface area contributed by atoms with Crippen molar-refractivity contribution in [2.24, 2.45) is 0 Å². The first-order valence-electron chi connectivity index (χ1n) is 6.16. The number of H-pyrrole nitrogens is 1. The molecule has 2 rings (SSSR count). The minimum Gasteiger partial charge on any atom is -0.389 e. The average molecular weight is 292 g/mol. The quantitative estimate of drug-likeness (QED) is 0.781. The maximum absolute atomic E-state index is 10.8. The molecule has 0 aliphatic rings. The number of hydrogen-bond donors (Lipinski definition) is 3. The summed E-state index contributed by atoms with van der Waals surface area (Å²) in [6.07, 6.45) is 1.34. The van der Waals surface area contributed by atoms with Crippen molar-refractivity contribution in [3.63, 3.8) is 0 Å². The number of aromatic nitrogens is 2. The zero-order valence-electron chi connectivity index (χ0n) is 11.0. The number of thioether (sulfide) groups is 1. The van der Waals surface area contributed by atoms with E-state index in [-0.39, 0.29) is 10.9 Å². The molecule has 1 aromatic heterocycles. The van der Waals surface area contributed by atoms with Crippen LogP contribution in [-0.2, 0) is 4.79 Å². The highest BCUT2D eigenvalue weighted by Gasteiger charge is 2.19. The van der Waals surface area contributed by atoms with Gasteiger partial charge in [-0.25, -0.2) is 4.98 Å². The predicted octanol–water partition coefficient (Wildman–Crippen LogP) is 1.75. The second-order valence-electron chi connectivity index (χ2n) is 4.40. The summed E-state index contributed by atoms with van der Waals surface area (Å²) in [5.41, 5.74) is 2.45. The summed E-state index contributed by atoms with van der Waals surface area (Å²) in [6.45, 7) is 1.43. The number of benzene rings is 1. The lowest BCUT2D eigenvalue weighted by molar-refractivity contribution is -0.109. The van der Waals surface area contributed by atoms with E-state index in [0.717, 1.165) is 23.0 Å². The fourth-order valence-electron chi connectivity index (χ4n) is 1.79. The minimum atomic E-state index is -1.00. The van der Waals surface area contributed by atoms with Gasteiger partial charge in [-0.3, -0.25) is 4.79 Å². The second-order valence-corrected chi connectivity index (χ2v) is 5.60. The highest BCUT2D eigenvalue weighted by Crippen LogP contribution is 2.23. The fraction of sp³-hybridized carbons (Fsp3) is 0.286. The van der Waals surface area contributed by atoms with Crippen LogP contribution in [0.1, 0.15) is 18.6 Å². The number of hydrogen-bond acceptors (Lipinski definition) is 5. The Balaban J connectivity index is 2.03. The second kappa shape index (κ2) is 6.69. The van der Waals surface area contributed by atoms with Crippen molar-refractivity contribution in [2.45, 2.75) is 19.1 Å². The molecule has 0 radical (unpaired) electrons.